The van der Waals surface area contributed by atoms with Crippen LogP contribution in [-0.4, -0.2) is 221 Å². The lowest BCUT2D eigenvalue weighted by Gasteiger charge is -2.49. The minimum atomic E-state index is -2.02. The second-order valence-corrected chi connectivity index (χ2v) is 11.1. The number of aliphatic hydroxyl groups is 14. The Kier molecular flexibility index (Phi) is 12.8. The van der Waals surface area contributed by atoms with Crippen LogP contribution in [0, 0.1) is 0 Å². The van der Waals surface area contributed by atoms with E-state index >= 15 is 0 Å². The third-order valence-corrected chi connectivity index (χ3v) is 8.20. The highest BCUT2D eigenvalue weighted by Gasteiger charge is 2.55. The van der Waals surface area contributed by atoms with Gasteiger partial charge in [-0.25, -0.2) is 0 Å². The van der Waals surface area contributed by atoms with Crippen LogP contribution in [0.15, 0.2) is 0 Å². The van der Waals surface area contributed by atoms with Crippen LogP contribution in [0.3, 0.4) is 0 Å². The highest BCUT2D eigenvalue weighted by atomic mass is 16.8. The van der Waals surface area contributed by atoms with E-state index in [9.17, 15) is 71.5 Å². The molecule has 4 aliphatic rings. The summed E-state index contributed by atoms with van der Waals surface area (Å²) in [5.74, 6) is 0. The van der Waals surface area contributed by atoms with E-state index in [2.05, 4.69) is 0 Å². The Labute approximate surface area is 254 Å². The first-order chi connectivity index (χ1) is 21.3. The van der Waals surface area contributed by atoms with Gasteiger partial charge in [-0.3, -0.25) is 0 Å². The molecule has 0 aromatic carbocycles. The van der Waals surface area contributed by atoms with E-state index in [4.69, 9.17) is 33.2 Å². The molecule has 4 aliphatic heterocycles. The molecule has 45 heavy (non-hydrogen) atoms. The van der Waals surface area contributed by atoms with Crippen LogP contribution >= 0.6 is 0 Å². The molecule has 0 aromatic rings. The van der Waals surface area contributed by atoms with Crippen molar-refractivity contribution in [3.63, 3.8) is 0 Å². The molecule has 0 aliphatic carbocycles. The molecule has 0 unspecified atom stereocenters. The molecule has 20 atom stereocenters. The smallest absolute Gasteiger partial charge is 0.187 e. The Balaban J connectivity index is 1.43. The molecule has 21 heteroatoms. The first-order valence-electron chi connectivity index (χ1n) is 14.1. The molecule has 0 spiro atoms. The molecule has 4 heterocycles. The van der Waals surface area contributed by atoms with E-state index in [-0.39, 0.29) is 0 Å². The van der Waals surface area contributed by atoms with Crippen LogP contribution in [0.5, 0.6) is 0 Å². The van der Waals surface area contributed by atoms with Gasteiger partial charge in [-0.15, -0.1) is 0 Å². The predicted molar refractivity (Wildman–Crippen MR) is 134 cm³/mol. The molecule has 0 aromatic heterocycles. The minimum Gasteiger partial charge on any atom is -0.394 e. The Morgan fingerprint density at radius 3 is 1.02 bits per heavy atom. The molecule has 4 fully saturated rings. The monoisotopic (exact) mass is 666 g/mol. The number of ether oxygens (including phenoxy) is 7. The number of aliphatic hydroxyl groups excluding tert-OH is 14. The fourth-order valence-electron chi connectivity index (χ4n) is 5.55. The molecule has 0 amide bonds. The molecule has 4 rings (SSSR count). The van der Waals surface area contributed by atoms with Gasteiger partial charge in [0.05, 0.1) is 26.4 Å². The fraction of sp³-hybridized carbons (Fsp3) is 1.00. The van der Waals surface area contributed by atoms with E-state index in [1.54, 1.807) is 0 Å². The van der Waals surface area contributed by atoms with Crippen molar-refractivity contribution in [2.75, 3.05) is 26.4 Å². The fourth-order valence-corrected chi connectivity index (χ4v) is 5.55. The lowest BCUT2D eigenvalue weighted by atomic mass is 9.95. The molecule has 264 valence electrons. The Bertz CT molecular complexity index is 910. The SMILES string of the molecule is OC[C@@H]1O[C@@H](O[C@H]2[C@H](O)[C@H](O)[C@H](O[C@@H]3[C@H](O)[C@H](O)[C@H](O[C@H]4[C@H](O)[C@H](O)[C@H](O)O[C@H]4CO)O[C@H]3CO)O[C@H]2CO)[C@@H](O)[C@@H](O)[C@H]1O. The summed E-state index contributed by atoms with van der Waals surface area (Å²) in [4.78, 5) is 0. The van der Waals surface area contributed by atoms with Crippen LogP contribution < -0.4 is 0 Å². The lowest BCUT2D eigenvalue weighted by molar-refractivity contribution is -0.387. The molecular weight excluding hydrogens is 624 g/mol. The summed E-state index contributed by atoms with van der Waals surface area (Å²) in [5, 5.41) is 142. The second-order valence-electron chi connectivity index (χ2n) is 11.1. The molecule has 21 nitrogen and oxygen atoms in total. The minimum absolute atomic E-state index is 0.784. The predicted octanol–water partition coefficient (Wildman–Crippen LogP) is -9.75. The van der Waals surface area contributed by atoms with Crippen molar-refractivity contribution in [1.82, 2.24) is 0 Å². The maximum atomic E-state index is 10.9. The third kappa shape index (κ3) is 7.44. The van der Waals surface area contributed by atoms with E-state index in [0.717, 1.165) is 0 Å². The van der Waals surface area contributed by atoms with Gasteiger partial charge in [0, 0.05) is 0 Å². The molecule has 0 radical (unpaired) electrons. The van der Waals surface area contributed by atoms with E-state index in [0.29, 0.717) is 0 Å². The zero-order valence-corrected chi connectivity index (χ0v) is 23.5. The Morgan fingerprint density at radius 1 is 0.333 bits per heavy atom. The van der Waals surface area contributed by atoms with Gasteiger partial charge in [0.1, 0.15) is 97.7 Å². The highest BCUT2D eigenvalue weighted by molar-refractivity contribution is 4.97. The quantitative estimate of drug-likeness (QED) is 0.103. The van der Waals surface area contributed by atoms with Crippen LogP contribution in [-0.2, 0) is 33.2 Å². The van der Waals surface area contributed by atoms with Crippen molar-refractivity contribution >= 4 is 0 Å². The summed E-state index contributed by atoms with van der Waals surface area (Å²) in [5.41, 5.74) is 0. The molecule has 0 bridgehead atoms. The Morgan fingerprint density at radius 2 is 0.644 bits per heavy atom. The summed E-state index contributed by atoms with van der Waals surface area (Å²) >= 11 is 0. The van der Waals surface area contributed by atoms with Crippen LogP contribution in [0.4, 0.5) is 0 Å². The van der Waals surface area contributed by atoms with Crippen molar-refractivity contribution in [1.29, 1.82) is 0 Å². The zero-order valence-electron chi connectivity index (χ0n) is 23.5. The second kappa shape index (κ2) is 15.6. The summed E-state index contributed by atoms with van der Waals surface area (Å²) in [6.45, 7) is -3.39. The van der Waals surface area contributed by atoms with Gasteiger partial charge in [0.25, 0.3) is 0 Å². The summed E-state index contributed by atoms with van der Waals surface area (Å²) in [6, 6.07) is 0. The molecule has 4 saturated heterocycles. The third-order valence-electron chi connectivity index (χ3n) is 8.20. The first kappa shape index (κ1) is 37.0. The van der Waals surface area contributed by atoms with Gasteiger partial charge in [-0.05, 0) is 0 Å². The standard InChI is InChI=1S/C24H42O21/c25-1-5-9(29)10(30)15(35)22(40-5)44-19-7(3-27)42-24(17(37)12(19)32)45-20-8(4-28)41-23(16(36)13(20)33)43-18-6(2-26)39-21(38)14(34)11(18)31/h5-38H,1-4H2/t5-,6-,7-,8-,9-,10-,11+,12+,13+,14-,15-,16-,17-,18+,19+,20-,21+,22-,23-,24-/m0/s1. The molecular formula is C24H42O21. The van der Waals surface area contributed by atoms with Gasteiger partial charge < -0.3 is 105 Å². The van der Waals surface area contributed by atoms with Gasteiger partial charge in [0.2, 0.25) is 0 Å². The van der Waals surface area contributed by atoms with Crippen molar-refractivity contribution in [3.8, 4) is 0 Å². The van der Waals surface area contributed by atoms with Gasteiger partial charge in [-0.1, -0.05) is 0 Å². The first-order valence-corrected chi connectivity index (χ1v) is 14.1. The lowest BCUT2D eigenvalue weighted by Crippen LogP contribution is -2.67. The highest BCUT2D eigenvalue weighted by Crippen LogP contribution is 2.34. The van der Waals surface area contributed by atoms with Gasteiger partial charge in [-0.2, -0.15) is 0 Å². The van der Waals surface area contributed by atoms with Crippen molar-refractivity contribution < 1.29 is 105 Å². The van der Waals surface area contributed by atoms with E-state index in [1.165, 1.54) is 0 Å². The van der Waals surface area contributed by atoms with Crippen molar-refractivity contribution in [2.45, 2.75) is 123 Å². The Hall–Kier alpha value is -0.840. The molecule has 0 saturated carbocycles. The van der Waals surface area contributed by atoms with E-state index in [1.807, 2.05) is 0 Å². The van der Waals surface area contributed by atoms with Crippen LogP contribution in [0.25, 0.3) is 0 Å². The number of rotatable bonds is 10. The zero-order chi connectivity index (χ0) is 33.3. The van der Waals surface area contributed by atoms with Crippen molar-refractivity contribution in [2.24, 2.45) is 0 Å². The topological polar surface area (TPSA) is 348 Å². The van der Waals surface area contributed by atoms with E-state index < -0.39 is 149 Å². The number of hydrogen-bond acceptors (Lipinski definition) is 21. The van der Waals surface area contributed by atoms with Crippen molar-refractivity contribution in [3.05, 3.63) is 0 Å². The normalized spacial score (nSPS) is 52.9. The van der Waals surface area contributed by atoms with Gasteiger partial charge >= 0.3 is 0 Å². The maximum Gasteiger partial charge on any atom is 0.187 e. The average molecular weight is 667 g/mol. The average Bonchev–Trinajstić information content (AvgIpc) is 3.03. The summed E-state index contributed by atoms with van der Waals surface area (Å²) in [7, 11) is 0. The number of hydrogen-bond donors (Lipinski definition) is 14. The summed E-state index contributed by atoms with van der Waals surface area (Å²) in [6.07, 6.45) is -35.3. The molecule has 14 N–H and O–H groups in total. The van der Waals surface area contributed by atoms with Crippen LogP contribution in [0.2, 0.25) is 0 Å². The summed E-state index contributed by atoms with van der Waals surface area (Å²) < 4.78 is 37.7. The maximum absolute atomic E-state index is 10.9. The van der Waals surface area contributed by atoms with Gasteiger partial charge in [0.15, 0.2) is 25.2 Å². The largest absolute Gasteiger partial charge is 0.394 e. The van der Waals surface area contributed by atoms with Crippen LogP contribution in [0.1, 0.15) is 0 Å².